The first kappa shape index (κ1) is 9.20. The number of nitrogens with one attached hydrogen (secondary N) is 1. The SMILES string of the molecule is O=c1[nH]oc(O)c1N=Nc1ccccc1. The second-order valence-electron chi connectivity index (χ2n) is 2.72. The molecule has 0 spiro atoms. The van der Waals surface area contributed by atoms with Gasteiger partial charge in [-0.25, -0.2) is 0 Å². The van der Waals surface area contributed by atoms with Crippen LogP contribution in [0.3, 0.4) is 0 Å². The summed E-state index contributed by atoms with van der Waals surface area (Å²) in [4.78, 5) is 11.0. The molecule has 0 saturated heterocycles. The molecule has 0 aliphatic heterocycles. The van der Waals surface area contributed by atoms with E-state index >= 15 is 0 Å². The second-order valence-corrected chi connectivity index (χ2v) is 2.72. The third kappa shape index (κ3) is 1.93. The van der Waals surface area contributed by atoms with Crippen LogP contribution in [0.15, 0.2) is 49.9 Å². The molecule has 0 bridgehead atoms. The molecule has 2 N–H and O–H groups in total. The van der Waals surface area contributed by atoms with Crippen LogP contribution in [0.4, 0.5) is 11.4 Å². The maximum atomic E-state index is 11.0. The minimum Gasteiger partial charge on any atom is -0.478 e. The number of aromatic hydroxyl groups is 1. The summed E-state index contributed by atoms with van der Waals surface area (Å²) in [5.74, 6) is -0.570. The summed E-state index contributed by atoms with van der Waals surface area (Å²) in [6, 6.07) is 8.84. The molecule has 0 aliphatic rings. The second kappa shape index (κ2) is 3.79. The van der Waals surface area contributed by atoms with Gasteiger partial charge in [0.1, 0.15) is 0 Å². The quantitative estimate of drug-likeness (QED) is 0.735. The molecule has 1 heterocycles. The number of nitrogens with zero attached hydrogens (tertiary/aromatic N) is 2. The predicted octanol–water partition coefficient (Wildman–Crippen LogP) is 2.09. The number of hydrogen-bond donors (Lipinski definition) is 2. The van der Waals surface area contributed by atoms with Crippen LogP contribution in [0.1, 0.15) is 0 Å². The van der Waals surface area contributed by atoms with E-state index in [0.29, 0.717) is 5.69 Å². The highest BCUT2D eigenvalue weighted by atomic mass is 16.6. The van der Waals surface area contributed by atoms with E-state index in [9.17, 15) is 4.79 Å². The van der Waals surface area contributed by atoms with Gasteiger partial charge in [-0.3, -0.25) is 4.79 Å². The van der Waals surface area contributed by atoms with Gasteiger partial charge in [0.2, 0.25) is 5.69 Å². The lowest BCUT2D eigenvalue weighted by Crippen LogP contribution is -1.95. The Balaban J connectivity index is 2.30. The maximum Gasteiger partial charge on any atom is 0.338 e. The average molecular weight is 205 g/mol. The van der Waals surface area contributed by atoms with Gasteiger partial charge in [0.05, 0.1) is 5.69 Å². The van der Waals surface area contributed by atoms with Crippen LogP contribution in [0.25, 0.3) is 0 Å². The lowest BCUT2D eigenvalue weighted by Gasteiger charge is -1.88. The van der Waals surface area contributed by atoms with Crippen LogP contribution in [0.2, 0.25) is 0 Å². The molecule has 0 fully saturated rings. The summed E-state index contributed by atoms with van der Waals surface area (Å²) < 4.78 is 4.35. The van der Waals surface area contributed by atoms with Crippen molar-refractivity contribution >= 4 is 11.4 Å². The maximum absolute atomic E-state index is 11.0. The number of aromatic amines is 1. The number of benzene rings is 1. The lowest BCUT2D eigenvalue weighted by atomic mass is 10.3. The van der Waals surface area contributed by atoms with Crippen LogP contribution >= 0.6 is 0 Å². The topological polar surface area (TPSA) is 91.0 Å². The first-order valence-electron chi connectivity index (χ1n) is 4.14. The molecule has 76 valence electrons. The molecular weight excluding hydrogens is 198 g/mol. The molecule has 0 atom stereocenters. The monoisotopic (exact) mass is 205 g/mol. The fourth-order valence-corrected chi connectivity index (χ4v) is 0.979. The Bertz CT molecular complexity index is 527. The van der Waals surface area contributed by atoms with Crippen LogP contribution < -0.4 is 5.56 Å². The van der Waals surface area contributed by atoms with E-state index in [1.54, 1.807) is 24.3 Å². The van der Waals surface area contributed by atoms with Gasteiger partial charge in [-0.1, -0.05) is 18.2 Å². The van der Waals surface area contributed by atoms with Crippen LogP contribution in [0, 0.1) is 0 Å². The molecule has 0 unspecified atom stereocenters. The van der Waals surface area contributed by atoms with E-state index in [1.807, 2.05) is 11.2 Å². The Morgan fingerprint density at radius 1 is 1.20 bits per heavy atom. The van der Waals surface area contributed by atoms with Crippen molar-refractivity contribution in [2.24, 2.45) is 10.2 Å². The molecule has 0 aliphatic carbocycles. The summed E-state index contributed by atoms with van der Waals surface area (Å²) in [6.07, 6.45) is 0. The molecule has 0 saturated carbocycles. The standard InChI is InChI=1S/C9H7N3O3/c13-8-7(9(14)15-12-8)11-10-6-4-2-1-3-5-6/h1-5,14H,(H,12,13). The Labute approximate surface area is 83.9 Å². The van der Waals surface area contributed by atoms with Gasteiger partial charge in [0.15, 0.2) is 0 Å². The number of aromatic nitrogens is 1. The largest absolute Gasteiger partial charge is 0.478 e. The molecule has 15 heavy (non-hydrogen) atoms. The molecule has 6 nitrogen and oxygen atoms in total. The van der Waals surface area contributed by atoms with Crippen molar-refractivity contribution in [2.45, 2.75) is 0 Å². The Hall–Kier alpha value is -2.37. The third-order valence-corrected chi connectivity index (χ3v) is 1.68. The van der Waals surface area contributed by atoms with Crippen molar-refractivity contribution in [2.75, 3.05) is 0 Å². The van der Waals surface area contributed by atoms with Crippen LogP contribution in [-0.4, -0.2) is 10.3 Å². The number of azo groups is 1. The Kier molecular flexibility index (Phi) is 2.32. The van der Waals surface area contributed by atoms with E-state index in [-0.39, 0.29) is 5.69 Å². The summed E-state index contributed by atoms with van der Waals surface area (Å²) in [5, 5.41) is 18.3. The summed E-state index contributed by atoms with van der Waals surface area (Å²) in [5.41, 5.74) is -0.275. The zero-order valence-electron chi connectivity index (χ0n) is 7.54. The summed E-state index contributed by atoms with van der Waals surface area (Å²) >= 11 is 0. The van der Waals surface area contributed by atoms with Crippen molar-refractivity contribution in [3.8, 4) is 5.95 Å². The number of hydrogen-bond acceptors (Lipinski definition) is 5. The normalized spacial score (nSPS) is 10.9. The van der Waals surface area contributed by atoms with E-state index in [1.165, 1.54) is 0 Å². The molecule has 6 heteroatoms. The zero-order valence-corrected chi connectivity index (χ0v) is 7.54. The van der Waals surface area contributed by atoms with Gasteiger partial charge in [-0.2, -0.15) is 10.3 Å². The van der Waals surface area contributed by atoms with Crippen molar-refractivity contribution < 1.29 is 9.63 Å². The minimum absolute atomic E-state index is 0.237. The summed E-state index contributed by atoms with van der Waals surface area (Å²) in [6.45, 7) is 0. The fourth-order valence-electron chi connectivity index (χ4n) is 0.979. The van der Waals surface area contributed by atoms with Crippen molar-refractivity contribution in [3.05, 3.63) is 40.7 Å². The Morgan fingerprint density at radius 3 is 2.53 bits per heavy atom. The first-order chi connectivity index (χ1) is 7.27. The van der Waals surface area contributed by atoms with E-state index in [2.05, 4.69) is 14.8 Å². The molecule has 0 radical (unpaired) electrons. The minimum atomic E-state index is -0.618. The first-order valence-corrected chi connectivity index (χ1v) is 4.14. The van der Waals surface area contributed by atoms with Crippen molar-refractivity contribution in [1.29, 1.82) is 0 Å². The van der Waals surface area contributed by atoms with Crippen LogP contribution in [0.5, 0.6) is 5.95 Å². The number of rotatable bonds is 2. The highest BCUT2D eigenvalue weighted by molar-refractivity contribution is 5.42. The van der Waals surface area contributed by atoms with Crippen molar-refractivity contribution in [1.82, 2.24) is 5.16 Å². The van der Waals surface area contributed by atoms with E-state index < -0.39 is 11.5 Å². The highest BCUT2D eigenvalue weighted by Crippen LogP contribution is 2.22. The molecular formula is C9H7N3O3. The zero-order chi connectivity index (χ0) is 10.7. The van der Waals surface area contributed by atoms with Gasteiger partial charge in [-0.05, 0) is 12.1 Å². The van der Waals surface area contributed by atoms with Crippen molar-refractivity contribution in [3.63, 3.8) is 0 Å². The highest BCUT2D eigenvalue weighted by Gasteiger charge is 2.09. The van der Waals surface area contributed by atoms with Gasteiger partial charge in [0, 0.05) is 0 Å². The van der Waals surface area contributed by atoms with Gasteiger partial charge in [-0.15, -0.1) is 5.11 Å². The van der Waals surface area contributed by atoms with Crippen LogP contribution in [-0.2, 0) is 0 Å². The Morgan fingerprint density at radius 2 is 1.93 bits per heavy atom. The number of H-pyrrole nitrogens is 1. The molecule has 2 aromatic rings. The molecule has 1 aromatic heterocycles. The fraction of sp³-hybridized carbons (Fsp3) is 0. The molecule has 1 aromatic carbocycles. The lowest BCUT2D eigenvalue weighted by molar-refractivity contribution is 0.277. The van der Waals surface area contributed by atoms with Gasteiger partial charge >= 0.3 is 11.5 Å². The van der Waals surface area contributed by atoms with E-state index in [0.717, 1.165) is 0 Å². The van der Waals surface area contributed by atoms with Gasteiger partial charge in [0.25, 0.3) is 0 Å². The summed E-state index contributed by atoms with van der Waals surface area (Å²) in [7, 11) is 0. The van der Waals surface area contributed by atoms with E-state index in [4.69, 9.17) is 5.11 Å². The average Bonchev–Trinajstić information content (AvgIpc) is 2.58. The molecule has 0 amide bonds. The molecule has 2 rings (SSSR count). The smallest absolute Gasteiger partial charge is 0.338 e. The predicted molar refractivity (Wildman–Crippen MR) is 51.6 cm³/mol. The van der Waals surface area contributed by atoms with Gasteiger partial charge < -0.3 is 9.63 Å². The third-order valence-electron chi connectivity index (χ3n) is 1.68.